The Balaban J connectivity index is 2.43. The summed E-state index contributed by atoms with van der Waals surface area (Å²) in [4.78, 5) is 13.7. The Morgan fingerprint density at radius 2 is 1.97 bits per heavy atom. The quantitative estimate of drug-likeness (QED) is 0.606. The van der Waals surface area contributed by atoms with Gasteiger partial charge in [-0.2, -0.15) is 5.26 Å². The van der Waals surface area contributed by atoms with E-state index in [1.54, 1.807) is 38.5 Å². The van der Waals surface area contributed by atoms with Crippen LogP contribution in [0.15, 0.2) is 58.8 Å². The highest BCUT2D eigenvalue weighted by molar-refractivity contribution is 8.02. The van der Waals surface area contributed by atoms with Gasteiger partial charge in [-0.1, -0.05) is 47.5 Å². The van der Waals surface area contributed by atoms with Crippen molar-refractivity contribution in [3.63, 3.8) is 0 Å². The van der Waals surface area contributed by atoms with Crippen molar-refractivity contribution in [3.05, 3.63) is 79.9 Å². The van der Waals surface area contributed by atoms with Gasteiger partial charge in [-0.15, -0.1) is 11.8 Å². The molecular weight excluding hydrogens is 441 g/mol. The summed E-state index contributed by atoms with van der Waals surface area (Å²) < 4.78 is 5.57. The number of carbonyl (C=O) groups is 1. The summed E-state index contributed by atoms with van der Waals surface area (Å²) >= 11 is 14.0. The number of thioether (sulfide) groups is 1. The lowest BCUT2D eigenvalue weighted by Crippen LogP contribution is -2.37. The van der Waals surface area contributed by atoms with Gasteiger partial charge in [-0.05, 0) is 42.5 Å². The molecule has 2 aromatic carbocycles. The number of benzene rings is 2. The number of nitrogens with two attached hydrogens (primary N) is 1. The van der Waals surface area contributed by atoms with Crippen LogP contribution in [-0.2, 0) is 0 Å². The molecule has 0 spiro atoms. The standard InChI is InChI=1S/C22H19Cl2N3O2S/c1-12-19(15-6-4-5-7-18(15)29-2)20(14-9-8-13(23)10-17(14)24)16(11-25)21(30-3)27(12)22(26)28/h4-10,20H,1-3H3,(H2,26,28). The molecular formula is C22H19Cl2N3O2S. The number of methoxy groups -OCH3 is 1. The monoisotopic (exact) mass is 459 g/mol. The highest BCUT2D eigenvalue weighted by Crippen LogP contribution is 2.51. The van der Waals surface area contributed by atoms with Gasteiger partial charge in [0.05, 0.1) is 29.7 Å². The summed E-state index contributed by atoms with van der Waals surface area (Å²) in [5.74, 6) is 0.0744. The predicted octanol–water partition coefficient (Wildman–Crippen LogP) is 6.01. The van der Waals surface area contributed by atoms with Crippen molar-refractivity contribution < 1.29 is 9.53 Å². The largest absolute Gasteiger partial charge is 0.496 e. The Labute approximate surface area is 189 Å². The number of hydrogen-bond donors (Lipinski definition) is 1. The lowest BCUT2D eigenvalue weighted by Gasteiger charge is -2.36. The van der Waals surface area contributed by atoms with Gasteiger partial charge in [0.1, 0.15) is 5.75 Å². The van der Waals surface area contributed by atoms with Crippen LogP contribution < -0.4 is 10.5 Å². The van der Waals surface area contributed by atoms with E-state index >= 15 is 0 Å². The molecule has 0 bridgehead atoms. The van der Waals surface area contributed by atoms with Crippen LogP contribution in [0.2, 0.25) is 10.0 Å². The first kappa shape index (κ1) is 22.1. The molecule has 1 atom stereocenters. The molecule has 0 saturated heterocycles. The summed E-state index contributed by atoms with van der Waals surface area (Å²) in [6, 6.07) is 14.2. The summed E-state index contributed by atoms with van der Waals surface area (Å²) in [5, 5.41) is 11.5. The first-order valence-corrected chi connectivity index (χ1v) is 10.9. The zero-order chi connectivity index (χ0) is 22.0. The van der Waals surface area contributed by atoms with E-state index in [-0.39, 0.29) is 0 Å². The van der Waals surface area contributed by atoms with E-state index in [1.165, 1.54) is 16.7 Å². The Kier molecular flexibility index (Phi) is 6.67. The molecule has 3 rings (SSSR count). The van der Waals surface area contributed by atoms with E-state index in [9.17, 15) is 10.1 Å². The maximum absolute atomic E-state index is 12.4. The minimum Gasteiger partial charge on any atom is -0.496 e. The molecule has 1 aliphatic heterocycles. The van der Waals surface area contributed by atoms with E-state index in [1.807, 2.05) is 24.3 Å². The van der Waals surface area contributed by atoms with Gasteiger partial charge in [0.25, 0.3) is 0 Å². The van der Waals surface area contributed by atoms with E-state index in [0.29, 0.717) is 43.2 Å². The van der Waals surface area contributed by atoms with Crippen LogP contribution in [0.1, 0.15) is 24.0 Å². The number of halogens is 2. The summed E-state index contributed by atoms with van der Waals surface area (Å²) in [6.07, 6.45) is 1.80. The number of allylic oxidation sites excluding steroid dienone is 3. The van der Waals surface area contributed by atoms with Crippen molar-refractivity contribution >= 4 is 46.6 Å². The van der Waals surface area contributed by atoms with Crippen molar-refractivity contribution in [1.82, 2.24) is 4.90 Å². The highest BCUT2D eigenvalue weighted by atomic mass is 35.5. The number of nitrogens with zero attached hydrogens (tertiary/aromatic N) is 2. The molecule has 1 unspecified atom stereocenters. The predicted molar refractivity (Wildman–Crippen MR) is 122 cm³/mol. The zero-order valence-electron chi connectivity index (χ0n) is 16.6. The fourth-order valence-electron chi connectivity index (χ4n) is 3.71. The highest BCUT2D eigenvalue weighted by Gasteiger charge is 2.38. The van der Waals surface area contributed by atoms with Gasteiger partial charge in [-0.3, -0.25) is 4.90 Å². The number of rotatable bonds is 4. The lowest BCUT2D eigenvalue weighted by atomic mass is 9.78. The number of nitriles is 1. The Morgan fingerprint density at radius 1 is 1.27 bits per heavy atom. The van der Waals surface area contributed by atoms with Crippen LogP contribution >= 0.6 is 35.0 Å². The van der Waals surface area contributed by atoms with E-state index in [4.69, 9.17) is 33.7 Å². The van der Waals surface area contributed by atoms with Crippen molar-refractivity contribution in [2.45, 2.75) is 12.8 Å². The second kappa shape index (κ2) is 9.05. The third kappa shape index (κ3) is 3.77. The normalized spacial score (nSPS) is 16.5. The average Bonchev–Trinajstić information content (AvgIpc) is 2.72. The first-order valence-electron chi connectivity index (χ1n) is 8.92. The maximum atomic E-state index is 12.4. The number of primary amides is 1. The van der Waals surface area contributed by atoms with Crippen LogP contribution in [0, 0.1) is 11.3 Å². The molecule has 8 heteroatoms. The molecule has 1 heterocycles. The maximum Gasteiger partial charge on any atom is 0.324 e. The van der Waals surface area contributed by atoms with Crippen molar-refractivity contribution in [2.75, 3.05) is 13.4 Å². The smallest absolute Gasteiger partial charge is 0.324 e. The molecule has 0 aromatic heterocycles. The summed E-state index contributed by atoms with van der Waals surface area (Å²) in [7, 11) is 1.57. The first-order chi connectivity index (χ1) is 14.3. The molecule has 5 nitrogen and oxygen atoms in total. The molecule has 0 radical (unpaired) electrons. The topological polar surface area (TPSA) is 79.3 Å². The van der Waals surface area contributed by atoms with Crippen LogP contribution in [0.3, 0.4) is 0 Å². The number of amides is 2. The van der Waals surface area contributed by atoms with Crippen molar-refractivity contribution in [3.8, 4) is 11.8 Å². The van der Waals surface area contributed by atoms with Crippen molar-refractivity contribution in [2.24, 2.45) is 5.73 Å². The number of hydrogen-bond acceptors (Lipinski definition) is 4. The fourth-order valence-corrected chi connectivity index (χ4v) is 5.02. The SMILES string of the molecule is COc1ccccc1C1=C(C)N(C(N)=O)C(SC)=C(C#N)C1c1ccc(Cl)cc1Cl. The van der Waals surface area contributed by atoms with Crippen LogP contribution in [0.4, 0.5) is 4.79 Å². The fraction of sp³-hybridized carbons (Fsp3) is 0.182. The van der Waals surface area contributed by atoms with E-state index < -0.39 is 11.9 Å². The lowest BCUT2D eigenvalue weighted by molar-refractivity contribution is 0.231. The molecule has 0 fully saturated rings. The second-order valence-electron chi connectivity index (χ2n) is 6.51. The molecule has 2 amide bonds. The molecule has 2 aromatic rings. The van der Waals surface area contributed by atoms with Crippen LogP contribution in [0.25, 0.3) is 5.57 Å². The van der Waals surface area contributed by atoms with Gasteiger partial charge in [0, 0.05) is 21.3 Å². The Bertz CT molecular complexity index is 1120. The van der Waals surface area contributed by atoms with Crippen molar-refractivity contribution in [1.29, 1.82) is 5.26 Å². The molecule has 0 aliphatic carbocycles. The number of carbonyl (C=O) groups excluding carboxylic acids is 1. The van der Waals surface area contributed by atoms with E-state index in [2.05, 4.69) is 6.07 Å². The van der Waals surface area contributed by atoms with Crippen LogP contribution in [-0.4, -0.2) is 24.3 Å². The summed E-state index contributed by atoms with van der Waals surface area (Å²) in [6.45, 7) is 1.80. The Hall–Kier alpha value is -2.59. The second-order valence-corrected chi connectivity index (χ2v) is 8.15. The summed E-state index contributed by atoms with van der Waals surface area (Å²) in [5.41, 5.74) is 8.84. The third-order valence-corrected chi connectivity index (χ3v) is 6.29. The average molecular weight is 460 g/mol. The van der Waals surface area contributed by atoms with Gasteiger partial charge >= 0.3 is 6.03 Å². The van der Waals surface area contributed by atoms with Crippen LogP contribution in [0.5, 0.6) is 5.75 Å². The molecule has 154 valence electrons. The number of para-hydroxylation sites is 1. The Morgan fingerprint density at radius 3 is 2.53 bits per heavy atom. The third-order valence-electron chi connectivity index (χ3n) is 4.94. The zero-order valence-corrected chi connectivity index (χ0v) is 18.9. The van der Waals surface area contributed by atoms with Gasteiger partial charge < -0.3 is 10.5 Å². The minimum absolute atomic E-state index is 0.372. The van der Waals surface area contributed by atoms with Gasteiger partial charge in [0.2, 0.25) is 0 Å². The molecule has 30 heavy (non-hydrogen) atoms. The molecule has 0 saturated carbocycles. The number of ether oxygens (including phenoxy) is 1. The van der Waals surface area contributed by atoms with Gasteiger partial charge in [-0.25, -0.2) is 4.79 Å². The minimum atomic E-state index is -0.669. The number of urea groups is 1. The van der Waals surface area contributed by atoms with E-state index in [0.717, 1.165) is 5.56 Å². The molecule has 1 aliphatic rings. The van der Waals surface area contributed by atoms with Gasteiger partial charge in [0.15, 0.2) is 0 Å². The molecule has 2 N–H and O–H groups in total.